The third kappa shape index (κ3) is 3.07. The van der Waals surface area contributed by atoms with E-state index in [1.54, 1.807) is 0 Å². The van der Waals surface area contributed by atoms with Gasteiger partial charge in [-0.3, -0.25) is 4.79 Å². The smallest absolute Gasteiger partial charge is 0.223 e. The third-order valence-electron chi connectivity index (χ3n) is 3.74. The molecule has 4 nitrogen and oxygen atoms in total. The summed E-state index contributed by atoms with van der Waals surface area (Å²) in [7, 11) is 0. The Bertz CT molecular complexity index is 451. The maximum absolute atomic E-state index is 11.7. The first-order valence-corrected chi connectivity index (χ1v) is 7.03. The van der Waals surface area contributed by atoms with E-state index >= 15 is 0 Å². The fourth-order valence-electron chi connectivity index (χ4n) is 2.45. The summed E-state index contributed by atoms with van der Waals surface area (Å²) >= 11 is 0. The highest BCUT2D eigenvalue weighted by molar-refractivity contribution is 5.81. The molecule has 1 aromatic carbocycles. The summed E-state index contributed by atoms with van der Waals surface area (Å²) in [6.07, 6.45) is 2.11. The fourth-order valence-corrected chi connectivity index (χ4v) is 2.45. The van der Waals surface area contributed by atoms with Gasteiger partial charge in [-0.2, -0.15) is 0 Å². The minimum Gasteiger partial charge on any atom is -0.378 e. The van der Waals surface area contributed by atoms with E-state index in [2.05, 4.69) is 28.4 Å². The topological polar surface area (TPSA) is 41.6 Å². The Morgan fingerprint density at radius 1 is 1.26 bits per heavy atom. The molecule has 2 fully saturated rings. The van der Waals surface area contributed by atoms with Crippen LogP contribution in [0.15, 0.2) is 24.3 Å². The number of nitrogens with one attached hydrogen (secondary N) is 1. The van der Waals surface area contributed by atoms with E-state index in [0.717, 1.165) is 39.1 Å². The highest BCUT2D eigenvalue weighted by Crippen LogP contribution is 2.29. The van der Waals surface area contributed by atoms with Crippen LogP contribution in [0.4, 0.5) is 5.69 Å². The minimum atomic E-state index is 0.205. The second-order valence-electron chi connectivity index (χ2n) is 5.22. The van der Waals surface area contributed by atoms with Gasteiger partial charge in [0.25, 0.3) is 0 Å². The maximum atomic E-state index is 11.7. The number of carbonyl (C=O) groups is 1. The number of nitrogens with zero attached hydrogens (tertiary/aromatic N) is 1. The van der Waals surface area contributed by atoms with Crippen LogP contribution in [-0.2, 0) is 16.1 Å². The van der Waals surface area contributed by atoms with Crippen molar-refractivity contribution in [1.29, 1.82) is 0 Å². The van der Waals surface area contributed by atoms with E-state index in [9.17, 15) is 4.79 Å². The summed E-state index contributed by atoms with van der Waals surface area (Å²) in [6.45, 7) is 4.04. The molecule has 1 heterocycles. The first kappa shape index (κ1) is 12.5. The lowest BCUT2D eigenvalue weighted by atomic mass is 10.1. The SMILES string of the molecule is O=C(NCc1ccccc1N1CCOCC1)C1CC1. The average Bonchev–Trinajstić information content (AvgIpc) is 3.31. The van der Waals surface area contributed by atoms with Crippen LogP contribution in [0.1, 0.15) is 18.4 Å². The summed E-state index contributed by atoms with van der Waals surface area (Å²) in [5.74, 6) is 0.479. The molecule has 0 bridgehead atoms. The number of hydrogen-bond acceptors (Lipinski definition) is 3. The van der Waals surface area contributed by atoms with Gasteiger partial charge in [-0.15, -0.1) is 0 Å². The number of benzene rings is 1. The van der Waals surface area contributed by atoms with Gasteiger partial charge >= 0.3 is 0 Å². The molecule has 1 aromatic rings. The molecule has 1 amide bonds. The van der Waals surface area contributed by atoms with Crippen molar-refractivity contribution < 1.29 is 9.53 Å². The lowest BCUT2D eigenvalue weighted by Crippen LogP contribution is -2.37. The van der Waals surface area contributed by atoms with Gasteiger partial charge in [0.2, 0.25) is 5.91 Å². The van der Waals surface area contributed by atoms with Gasteiger partial charge in [0.05, 0.1) is 13.2 Å². The highest BCUT2D eigenvalue weighted by atomic mass is 16.5. The van der Waals surface area contributed by atoms with Crippen molar-refractivity contribution in [2.75, 3.05) is 31.2 Å². The molecule has 1 aliphatic heterocycles. The summed E-state index contributed by atoms with van der Waals surface area (Å²) < 4.78 is 5.39. The summed E-state index contributed by atoms with van der Waals surface area (Å²) in [4.78, 5) is 14.1. The Hall–Kier alpha value is -1.55. The molecule has 0 spiro atoms. The molecular formula is C15H20N2O2. The predicted molar refractivity (Wildman–Crippen MR) is 74.0 cm³/mol. The average molecular weight is 260 g/mol. The summed E-state index contributed by atoms with van der Waals surface area (Å²) in [6, 6.07) is 8.31. The number of para-hydroxylation sites is 1. The lowest BCUT2D eigenvalue weighted by Gasteiger charge is -2.30. The van der Waals surface area contributed by atoms with Gasteiger partial charge in [-0.25, -0.2) is 0 Å². The lowest BCUT2D eigenvalue weighted by molar-refractivity contribution is -0.122. The van der Waals surface area contributed by atoms with Gasteiger partial charge in [-0.1, -0.05) is 18.2 Å². The number of hydrogen-bond donors (Lipinski definition) is 1. The van der Waals surface area contributed by atoms with Crippen molar-refractivity contribution in [1.82, 2.24) is 5.32 Å². The van der Waals surface area contributed by atoms with Crippen LogP contribution in [0.2, 0.25) is 0 Å². The van der Waals surface area contributed by atoms with Crippen molar-refractivity contribution in [3.05, 3.63) is 29.8 Å². The van der Waals surface area contributed by atoms with Crippen molar-refractivity contribution in [2.45, 2.75) is 19.4 Å². The zero-order valence-corrected chi connectivity index (χ0v) is 11.1. The molecule has 102 valence electrons. The highest BCUT2D eigenvalue weighted by Gasteiger charge is 2.29. The summed E-state index contributed by atoms with van der Waals surface area (Å²) in [5, 5.41) is 3.04. The van der Waals surface area contributed by atoms with Gasteiger partial charge in [0.1, 0.15) is 0 Å². The Labute approximate surface area is 113 Å². The van der Waals surface area contributed by atoms with Crippen molar-refractivity contribution in [3.63, 3.8) is 0 Å². The second-order valence-corrected chi connectivity index (χ2v) is 5.22. The number of carbonyl (C=O) groups excluding carboxylic acids is 1. The molecule has 0 radical (unpaired) electrons. The molecule has 2 aliphatic rings. The van der Waals surface area contributed by atoms with Crippen molar-refractivity contribution >= 4 is 11.6 Å². The number of morpholine rings is 1. The van der Waals surface area contributed by atoms with Crippen LogP contribution in [0.25, 0.3) is 0 Å². The van der Waals surface area contributed by atoms with Crippen LogP contribution in [0.3, 0.4) is 0 Å². The van der Waals surface area contributed by atoms with Crippen LogP contribution in [0, 0.1) is 5.92 Å². The van der Waals surface area contributed by atoms with Crippen molar-refractivity contribution in [3.8, 4) is 0 Å². The predicted octanol–water partition coefficient (Wildman–Crippen LogP) is 1.55. The molecule has 1 saturated carbocycles. The molecule has 1 saturated heterocycles. The van der Waals surface area contributed by atoms with E-state index in [4.69, 9.17) is 4.74 Å². The van der Waals surface area contributed by atoms with E-state index in [1.807, 2.05) is 6.07 Å². The zero-order chi connectivity index (χ0) is 13.1. The molecule has 0 aromatic heterocycles. The number of ether oxygens (including phenoxy) is 1. The van der Waals surface area contributed by atoms with Crippen LogP contribution in [-0.4, -0.2) is 32.2 Å². The molecule has 1 aliphatic carbocycles. The molecule has 0 unspecified atom stereocenters. The molecular weight excluding hydrogens is 240 g/mol. The fraction of sp³-hybridized carbons (Fsp3) is 0.533. The normalized spacial score (nSPS) is 19.3. The first-order chi connectivity index (χ1) is 9.34. The minimum absolute atomic E-state index is 0.205. The standard InChI is InChI=1S/C15H20N2O2/c18-15(12-5-6-12)16-11-13-3-1-2-4-14(13)17-7-9-19-10-8-17/h1-4,12H,5-11H2,(H,16,18). The van der Waals surface area contributed by atoms with Crippen LogP contribution in [0.5, 0.6) is 0 Å². The monoisotopic (exact) mass is 260 g/mol. The second kappa shape index (κ2) is 5.61. The van der Waals surface area contributed by atoms with E-state index < -0.39 is 0 Å². The molecule has 19 heavy (non-hydrogen) atoms. The molecule has 3 rings (SSSR count). The molecule has 1 N–H and O–H groups in total. The van der Waals surface area contributed by atoms with Gasteiger partial charge < -0.3 is 15.0 Å². The van der Waals surface area contributed by atoms with E-state index in [-0.39, 0.29) is 11.8 Å². The number of anilines is 1. The van der Waals surface area contributed by atoms with Crippen LogP contribution >= 0.6 is 0 Å². The van der Waals surface area contributed by atoms with Crippen LogP contribution < -0.4 is 10.2 Å². The van der Waals surface area contributed by atoms with E-state index in [1.165, 1.54) is 11.3 Å². The van der Waals surface area contributed by atoms with Crippen molar-refractivity contribution in [2.24, 2.45) is 5.92 Å². The third-order valence-corrected chi connectivity index (χ3v) is 3.74. The Kier molecular flexibility index (Phi) is 3.69. The van der Waals surface area contributed by atoms with Gasteiger partial charge in [0, 0.05) is 31.2 Å². The Morgan fingerprint density at radius 3 is 2.74 bits per heavy atom. The Balaban J connectivity index is 1.67. The van der Waals surface area contributed by atoms with Gasteiger partial charge in [-0.05, 0) is 24.5 Å². The maximum Gasteiger partial charge on any atom is 0.223 e. The zero-order valence-electron chi connectivity index (χ0n) is 11.1. The number of rotatable bonds is 4. The Morgan fingerprint density at radius 2 is 2.00 bits per heavy atom. The quantitative estimate of drug-likeness (QED) is 0.893. The number of amides is 1. The summed E-state index contributed by atoms with van der Waals surface area (Å²) in [5.41, 5.74) is 2.42. The molecule has 0 atom stereocenters. The first-order valence-electron chi connectivity index (χ1n) is 7.03. The largest absolute Gasteiger partial charge is 0.378 e. The van der Waals surface area contributed by atoms with Gasteiger partial charge in [0.15, 0.2) is 0 Å². The van der Waals surface area contributed by atoms with E-state index in [0.29, 0.717) is 6.54 Å². The molecule has 4 heteroatoms.